The molecule has 2 N–H and O–H groups in total. The molecule has 0 saturated carbocycles. The van der Waals surface area contributed by atoms with Crippen molar-refractivity contribution in [2.75, 3.05) is 24.5 Å². The van der Waals surface area contributed by atoms with Crippen LogP contribution in [0.3, 0.4) is 0 Å². The van der Waals surface area contributed by atoms with Crippen LogP contribution in [0.1, 0.15) is 32.7 Å². The van der Waals surface area contributed by atoms with Gasteiger partial charge in [0.1, 0.15) is 5.02 Å². The molecule has 1 atom stereocenters. The van der Waals surface area contributed by atoms with Gasteiger partial charge in [0.2, 0.25) is 0 Å². The van der Waals surface area contributed by atoms with E-state index < -0.39 is 0 Å². The maximum Gasteiger partial charge on any atom is 0.287 e. The van der Waals surface area contributed by atoms with E-state index in [0.717, 1.165) is 31.6 Å². The van der Waals surface area contributed by atoms with Gasteiger partial charge in [-0.3, -0.25) is 4.79 Å². The lowest BCUT2D eigenvalue weighted by Crippen LogP contribution is -2.39. The number of hydrogen-bond donors (Lipinski definition) is 1. The SMILES string of the molecule is CC(C)n1ncc(N2CCCC(CN)C2)c(Cl)c1=O. The van der Waals surface area contributed by atoms with Crippen LogP contribution in [0, 0.1) is 5.92 Å². The first kappa shape index (κ1) is 14.3. The smallest absolute Gasteiger partial charge is 0.287 e. The molecule has 0 amide bonds. The molecule has 1 aliphatic heterocycles. The number of anilines is 1. The Morgan fingerprint density at radius 1 is 1.58 bits per heavy atom. The summed E-state index contributed by atoms with van der Waals surface area (Å²) in [4.78, 5) is 14.3. The van der Waals surface area contributed by atoms with Crippen molar-refractivity contribution in [3.8, 4) is 0 Å². The predicted molar refractivity (Wildman–Crippen MR) is 77.9 cm³/mol. The molecule has 1 aromatic heterocycles. The Labute approximate surface area is 118 Å². The fourth-order valence-corrected chi connectivity index (χ4v) is 2.76. The predicted octanol–water partition coefficient (Wildman–Crippen LogP) is 1.65. The molecule has 0 aliphatic carbocycles. The highest BCUT2D eigenvalue weighted by atomic mass is 35.5. The third kappa shape index (κ3) is 2.92. The van der Waals surface area contributed by atoms with Crippen LogP contribution in [-0.2, 0) is 0 Å². The summed E-state index contributed by atoms with van der Waals surface area (Å²) in [6, 6.07) is 0.0113. The number of halogens is 1. The molecule has 1 fully saturated rings. The van der Waals surface area contributed by atoms with Gasteiger partial charge in [0.25, 0.3) is 5.56 Å². The van der Waals surface area contributed by atoms with Gasteiger partial charge in [-0.15, -0.1) is 0 Å². The Morgan fingerprint density at radius 2 is 2.32 bits per heavy atom. The highest BCUT2D eigenvalue weighted by molar-refractivity contribution is 6.33. The highest BCUT2D eigenvalue weighted by Crippen LogP contribution is 2.26. The van der Waals surface area contributed by atoms with Crippen LogP contribution in [0.25, 0.3) is 0 Å². The molecule has 1 unspecified atom stereocenters. The minimum Gasteiger partial charge on any atom is -0.369 e. The van der Waals surface area contributed by atoms with E-state index in [1.54, 1.807) is 6.20 Å². The number of piperidine rings is 1. The van der Waals surface area contributed by atoms with Gasteiger partial charge >= 0.3 is 0 Å². The summed E-state index contributed by atoms with van der Waals surface area (Å²) in [6.45, 7) is 6.25. The largest absolute Gasteiger partial charge is 0.369 e. The minimum atomic E-state index is -0.218. The topological polar surface area (TPSA) is 64.2 Å². The molecule has 6 heteroatoms. The lowest BCUT2D eigenvalue weighted by atomic mass is 9.98. The number of aromatic nitrogens is 2. The van der Waals surface area contributed by atoms with Crippen LogP contribution in [0.2, 0.25) is 5.02 Å². The summed E-state index contributed by atoms with van der Waals surface area (Å²) in [5.41, 5.74) is 6.25. The summed E-state index contributed by atoms with van der Waals surface area (Å²) in [6.07, 6.45) is 3.91. The molecule has 0 bridgehead atoms. The van der Waals surface area contributed by atoms with E-state index in [9.17, 15) is 4.79 Å². The second-order valence-electron chi connectivity index (χ2n) is 5.38. The van der Waals surface area contributed by atoms with Gasteiger partial charge in [-0.2, -0.15) is 5.10 Å². The van der Waals surface area contributed by atoms with Gasteiger partial charge in [-0.1, -0.05) is 11.6 Å². The summed E-state index contributed by atoms with van der Waals surface area (Å²) in [5, 5.41) is 4.48. The van der Waals surface area contributed by atoms with Crippen LogP contribution >= 0.6 is 11.6 Å². The van der Waals surface area contributed by atoms with Crippen LogP contribution in [0.4, 0.5) is 5.69 Å². The van der Waals surface area contributed by atoms with Crippen molar-refractivity contribution in [2.24, 2.45) is 11.7 Å². The summed E-state index contributed by atoms with van der Waals surface area (Å²) in [7, 11) is 0. The van der Waals surface area contributed by atoms with Gasteiger partial charge in [0.05, 0.1) is 17.9 Å². The molecule has 2 heterocycles. The second-order valence-corrected chi connectivity index (χ2v) is 5.76. The first-order valence-corrected chi connectivity index (χ1v) is 7.14. The highest BCUT2D eigenvalue weighted by Gasteiger charge is 2.22. The van der Waals surface area contributed by atoms with Crippen LogP contribution < -0.4 is 16.2 Å². The molecule has 1 saturated heterocycles. The van der Waals surface area contributed by atoms with Gasteiger partial charge in [0, 0.05) is 13.1 Å². The van der Waals surface area contributed by atoms with Gasteiger partial charge in [-0.05, 0) is 39.2 Å². The lowest BCUT2D eigenvalue weighted by Gasteiger charge is -2.34. The number of rotatable bonds is 3. The van der Waals surface area contributed by atoms with Crippen molar-refractivity contribution >= 4 is 17.3 Å². The molecule has 2 rings (SSSR count). The van der Waals surface area contributed by atoms with Crippen molar-refractivity contribution in [1.29, 1.82) is 0 Å². The van der Waals surface area contributed by atoms with Crippen LogP contribution in [0.5, 0.6) is 0 Å². The van der Waals surface area contributed by atoms with E-state index in [4.69, 9.17) is 17.3 Å². The Hall–Kier alpha value is -1.07. The average Bonchev–Trinajstić information content (AvgIpc) is 2.41. The van der Waals surface area contributed by atoms with Crippen molar-refractivity contribution in [2.45, 2.75) is 32.7 Å². The molecule has 1 aliphatic rings. The maximum atomic E-state index is 12.1. The standard InChI is InChI=1S/C13H21ClN4O/c1-9(2)18-13(19)12(14)11(7-16-18)17-5-3-4-10(6-15)8-17/h7,9-10H,3-6,8,15H2,1-2H3. The second kappa shape index (κ2) is 5.92. The molecule has 0 spiro atoms. The molecular weight excluding hydrogens is 264 g/mol. The van der Waals surface area contributed by atoms with E-state index in [-0.39, 0.29) is 16.6 Å². The molecule has 106 valence electrons. The third-order valence-corrected chi connectivity index (χ3v) is 3.96. The Kier molecular flexibility index (Phi) is 4.47. The quantitative estimate of drug-likeness (QED) is 0.917. The van der Waals surface area contributed by atoms with Gasteiger partial charge < -0.3 is 10.6 Å². The Balaban J connectivity index is 2.30. The zero-order valence-electron chi connectivity index (χ0n) is 11.5. The van der Waals surface area contributed by atoms with Crippen molar-refractivity contribution in [3.63, 3.8) is 0 Å². The van der Waals surface area contributed by atoms with E-state index in [1.807, 2.05) is 13.8 Å². The zero-order chi connectivity index (χ0) is 14.0. The normalized spacial score (nSPS) is 20.1. The summed E-state index contributed by atoms with van der Waals surface area (Å²) >= 11 is 6.22. The maximum absolute atomic E-state index is 12.1. The molecule has 0 aromatic carbocycles. The first-order chi connectivity index (χ1) is 9.04. The van der Waals surface area contributed by atoms with E-state index in [2.05, 4.69) is 10.00 Å². The number of nitrogens with zero attached hydrogens (tertiary/aromatic N) is 3. The minimum absolute atomic E-state index is 0.0113. The average molecular weight is 285 g/mol. The molecule has 0 radical (unpaired) electrons. The van der Waals surface area contributed by atoms with E-state index >= 15 is 0 Å². The monoisotopic (exact) mass is 284 g/mol. The molecule has 5 nitrogen and oxygen atoms in total. The Bertz CT molecular complexity index is 500. The van der Waals surface area contributed by atoms with E-state index in [1.165, 1.54) is 4.68 Å². The molecule has 19 heavy (non-hydrogen) atoms. The summed E-state index contributed by atoms with van der Waals surface area (Å²) < 4.78 is 1.41. The molecule has 1 aromatic rings. The number of nitrogens with two attached hydrogens (primary N) is 1. The van der Waals surface area contributed by atoms with Gasteiger partial charge in [-0.25, -0.2) is 4.68 Å². The summed E-state index contributed by atoms with van der Waals surface area (Å²) in [5.74, 6) is 0.470. The van der Waals surface area contributed by atoms with Crippen LogP contribution in [-0.4, -0.2) is 29.4 Å². The van der Waals surface area contributed by atoms with Crippen molar-refractivity contribution in [1.82, 2.24) is 9.78 Å². The van der Waals surface area contributed by atoms with Crippen molar-refractivity contribution < 1.29 is 0 Å². The van der Waals surface area contributed by atoms with E-state index in [0.29, 0.717) is 12.5 Å². The Morgan fingerprint density at radius 3 is 2.95 bits per heavy atom. The fraction of sp³-hybridized carbons (Fsp3) is 0.692. The fourth-order valence-electron chi connectivity index (χ4n) is 2.50. The first-order valence-electron chi connectivity index (χ1n) is 6.77. The number of hydrogen-bond acceptors (Lipinski definition) is 4. The lowest BCUT2D eigenvalue weighted by molar-refractivity contribution is 0.422. The zero-order valence-corrected chi connectivity index (χ0v) is 12.2. The molecular formula is C13H21ClN4O. The van der Waals surface area contributed by atoms with Crippen molar-refractivity contribution in [3.05, 3.63) is 21.6 Å². The van der Waals surface area contributed by atoms with Gasteiger partial charge in [0.15, 0.2) is 0 Å². The van der Waals surface area contributed by atoms with Crippen LogP contribution in [0.15, 0.2) is 11.0 Å². The third-order valence-electron chi connectivity index (χ3n) is 3.61.